The number of nitrogen functional groups attached to an aromatic ring is 1. The van der Waals surface area contributed by atoms with Crippen LogP contribution in [-0.2, 0) is 14.3 Å². The number of hydroxylamine groups is 2. The average molecular weight is 426 g/mol. The Morgan fingerprint density at radius 2 is 1.87 bits per heavy atom. The summed E-state index contributed by atoms with van der Waals surface area (Å²) in [6.07, 6.45) is -0.824. The third-order valence-corrected chi connectivity index (χ3v) is 5.37. The Balaban J connectivity index is 1.35. The van der Waals surface area contributed by atoms with Gasteiger partial charge in [0.15, 0.2) is 17.7 Å². The molecule has 2 aromatic heterocycles. The second-order valence-corrected chi connectivity index (χ2v) is 7.09. The lowest BCUT2D eigenvalue weighted by Gasteiger charge is -2.19. The molecule has 2 aliphatic heterocycles. The summed E-state index contributed by atoms with van der Waals surface area (Å²) < 4.78 is 13.0. The number of aliphatic hydroxyl groups is 1. The van der Waals surface area contributed by atoms with Crippen LogP contribution in [0.25, 0.3) is 11.2 Å². The summed E-state index contributed by atoms with van der Waals surface area (Å²) in [5.74, 6) is -0.928. The summed E-state index contributed by atoms with van der Waals surface area (Å²) in [5, 5.41) is 11.4. The Kier molecular flexibility index (Phi) is 4.63. The molecule has 2 aliphatic rings. The monoisotopic (exact) mass is 426 g/mol. The number of amides is 2. The maximum absolute atomic E-state index is 12.5. The van der Waals surface area contributed by atoms with E-state index < -0.39 is 36.4 Å². The minimum Gasteiger partial charge on any atom is -0.387 e. The van der Waals surface area contributed by atoms with Crippen molar-refractivity contribution >= 4 is 28.8 Å². The maximum Gasteiger partial charge on any atom is 0.285 e. The molecule has 1 aromatic carbocycles. The van der Waals surface area contributed by atoms with Crippen LogP contribution >= 0.6 is 0 Å². The van der Waals surface area contributed by atoms with Gasteiger partial charge in [-0.25, -0.2) is 15.0 Å². The number of aliphatic hydroxyl groups excluding tert-OH is 1. The van der Waals surface area contributed by atoms with Gasteiger partial charge in [-0.1, -0.05) is 12.1 Å². The zero-order chi connectivity index (χ0) is 21.7. The number of carbonyl (C=O) groups excluding carboxylic acids is 2. The van der Waals surface area contributed by atoms with Gasteiger partial charge in [0.05, 0.1) is 17.5 Å². The molecule has 12 nitrogen and oxygen atoms in total. The Labute approximate surface area is 175 Å². The molecule has 160 valence electrons. The van der Waals surface area contributed by atoms with E-state index in [-0.39, 0.29) is 23.6 Å². The summed E-state index contributed by atoms with van der Waals surface area (Å²) in [5.41, 5.74) is 7.15. The van der Waals surface area contributed by atoms with Crippen molar-refractivity contribution < 1.29 is 29.0 Å². The minimum atomic E-state index is -1.11. The zero-order valence-electron chi connectivity index (χ0n) is 16.3. The summed E-state index contributed by atoms with van der Waals surface area (Å²) >= 11 is 0. The van der Waals surface area contributed by atoms with E-state index in [1.165, 1.54) is 19.8 Å². The van der Waals surface area contributed by atoms with Gasteiger partial charge in [-0.15, -0.1) is 5.06 Å². The Morgan fingerprint density at radius 1 is 1.16 bits per heavy atom. The van der Waals surface area contributed by atoms with Gasteiger partial charge < -0.3 is 20.3 Å². The average Bonchev–Trinajstić information content (AvgIpc) is 3.41. The van der Waals surface area contributed by atoms with Gasteiger partial charge in [0.1, 0.15) is 36.8 Å². The maximum atomic E-state index is 12.5. The molecule has 31 heavy (non-hydrogen) atoms. The minimum absolute atomic E-state index is 0.210. The molecule has 3 N–H and O–H groups in total. The number of nitrogens with zero attached hydrogens (tertiary/aromatic N) is 5. The number of methoxy groups -OCH3 is 1. The second kappa shape index (κ2) is 7.35. The lowest BCUT2D eigenvalue weighted by atomic mass is 10.1. The predicted molar refractivity (Wildman–Crippen MR) is 103 cm³/mol. The van der Waals surface area contributed by atoms with Crippen LogP contribution < -0.4 is 5.73 Å². The number of rotatable bonds is 5. The molecule has 12 heteroatoms. The first kappa shape index (κ1) is 19.5. The van der Waals surface area contributed by atoms with Gasteiger partial charge in [0.2, 0.25) is 0 Å². The fourth-order valence-corrected chi connectivity index (χ4v) is 3.82. The quantitative estimate of drug-likeness (QED) is 0.529. The Morgan fingerprint density at radius 3 is 2.55 bits per heavy atom. The van der Waals surface area contributed by atoms with Gasteiger partial charge in [-0.2, -0.15) is 0 Å². The molecule has 0 radical (unpaired) electrons. The molecule has 2 amide bonds. The molecular formula is C19H18N6O6. The molecule has 0 saturated carbocycles. The summed E-state index contributed by atoms with van der Waals surface area (Å²) in [6, 6.07) is 6.43. The van der Waals surface area contributed by atoms with Crippen molar-refractivity contribution in [3.8, 4) is 0 Å². The fraction of sp³-hybridized carbons (Fsp3) is 0.316. The van der Waals surface area contributed by atoms with E-state index in [1.54, 1.807) is 28.8 Å². The number of ether oxygens (including phenoxy) is 2. The highest BCUT2D eigenvalue weighted by Crippen LogP contribution is 2.34. The Bertz CT molecular complexity index is 1150. The van der Waals surface area contributed by atoms with Gasteiger partial charge in [-0.05, 0) is 12.1 Å². The van der Waals surface area contributed by atoms with E-state index in [1.807, 2.05) is 0 Å². The predicted octanol–water partition coefficient (Wildman–Crippen LogP) is -0.0904. The van der Waals surface area contributed by atoms with Crippen molar-refractivity contribution in [2.75, 3.05) is 19.5 Å². The largest absolute Gasteiger partial charge is 0.387 e. The molecule has 0 spiro atoms. The molecule has 4 atom stereocenters. The van der Waals surface area contributed by atoms with E-state index in [4.69, 9.17) is 20.0 Å². The fourth-order valence-electron chi connectivity index (χ4n) is 3.82. The van der Waals surface area contributed by atoms with E-state index in [0.717, 1.165) is 0 Å². The number of aromatic nitrogens is 4. The number of anilines is 1. The number of benzene rings is 1. The highest BCUT2D eigenvalue weighted by Gasteiger charge is 2.47. The molecule has 1 fully saturated rings. The number of hydrogen-bond acceptors (Lipinski definition) is 10. The summed E-state index contributed by atoms with van der Waals surface area (Å²) in [6.45, 7) is -0.257. The van der Waals surface area contributed by atoms with E-state index in [2.05, 4.69) is 15.0 Å². The standard InChI is InChI=1S/C19H18N6O6/c1-29-14-13(26)11(6-30-25-17(27)9-4-2-3-5-10(9)18(25)28)31-19(14)24-8-23-12-15(20)21-7-22-16(12)24/h2-5,7-8,11,13-14,19,26H,6H2,1H3,(H2,20,21,22)/t11-,13-,14-,19-/m1/s1. The highest BCUT2D eigenvalue weighted by atomic mass is 16.7. The molecule has 0 unspecified atom stereocenters. The van der Waals surface area contributed by atoms with Crippen molar-refractivity contribution in [2.45, 2.75) is 24.5 Å². The molecule has 4 heterocycles. The number of hydrogen-bond donors (Lipinski definition) is 2. The third kappa shape index (κ3) is 2.96. The van der Waals surface area contributed by atoms with Crippen LogP contribution in [0.15, 0.2) is 36.9 Å². The number of imidazole rings is 1. The number of fused-ring (bicyclic) bond motifs is 2. The van der Waals surface area contributed by atoms with Gasteiger partial charge >= 0.3 is 0 Å². The molecule has 0 bridgehead atoms. The van der Waals surface area contributed by atoms with Gasteiger partial charge in [0.25, 0.3) is 11.8 Å². The molecule has 0 aliphatic carbocycles. The van der Waals surface area contributed by atoms with Crippen molar-refractivity contribution in [3.05, 3.63) is 48.0 Å². The van der Waals surface area contributed by atoms with Crippen molar-refractivity contribution in [3.63, 3.8) is 0 Å². The van der Waals surface area contributed by atoms with Crippen LogP contribution in [0.3, 0.4) is 0 Å². The lowest BCUT2D eigenvalue weighted by Crippen LogP contribution is -2.38. The van der Waals surface area contributed by atoms with Crippen LogP contribution in [0.1, 0.15) is 26.9 Å². The molecular weight excluding hydrogens is 408 g/mol. The normalized spacial score (nSPS) is 25.5. The summed E-state index contributed by atoms with van der Waals surface area (Å²) in [7, 11) is 1.43. The van der Waals surface area contributed by atoms with E-state index in [9.17, 15) is 14.7 Å². The third-order valence-electron chi connectivity index (χ3n) is 5.37. The lowest BCUT2D eigenvalue weighted by molar-refractivity contribution is -0.140. The number of nitrogens with two attached hydrogens (primary N) is 1. The van der Waals surface area contributed by atoms with Gasteiger partial charge in [-0.3, -0.25) is 19.0 Å². The van der Waals surface area contributed by atoms with Crippen molar-refractivity contribution in [1.29, 1.82) is 0 Å². The van der Waals surface area contributed by atoms with Crippen LogP contribution in [0.5, 0.6) is 0 Å². The molecule has 1 saturated heterocycles. The zero-order valence-corrected chi connectivity index (χ0v) is 16.3. The topological polar surface area (TPSA) is 155 Å². The van der Waals surface area contributed by atoms with Crippen LogP contribution in [0.2, 0.25) is 0 Å². The first-order valence-electron chi connectivity index (χ1n) is 9.41. The number of imide groups is 1. The second-order valence-electron chi connectivity index (χ2n) is 7.09. The first-order chi connectivity index (χ1) is 15.0. The van der Waals surface area contributed by atoms with E-state index >= 15 is 0 Å². The van der Waals surface area contributed by atoms with E-state index in [0.29, 0.717) is 16.2 Å². The summed E-state index contributed by atoms with van der Waals surface area (Å²) in [4.78, 5) is 42.6. The van der Waals surface area contributed by atoms with Crippen LogP contribution in [-0.4, -0.2) is 73.5 Å². The van der Waals surface area contributed by atoms with Crippen LogP contribution in [0.4, 0.5) is 5.82 Å². The van der Waals surface area contributed by atoms with Crippen molar-refractivity contribution in [2.24, 2.45) is 0 Å². The first-order valence-corrected chi connectivity index (χ1v) is 9.41. The van der Waals surface area contributed by atoms with Crippen molar-refractivity contribution in [1.82, 2.24) is 24.6 Å². The SMILES string of the molecule is CO[C@@H]1[C@H](O)[C@@H](CON2C(=O)c3ccccc3C2=O)O[C@H]1n1cnc2c(N)ncnc21. The smallest absolute Gasteiger partial charge is 0.285 e. The van der Waals surface area contributed by atoms with Crippen LogP contribution in [0, 0.1) is 0 Å². The Hall–Kier alpha value is -3.45. The van der Waals surface area contributed by atoms with Gasteiger partial charge in [0, 0.05) is 7.11 Å². The molecule has 5 rings (SSSR count). The molecule has 3 aromatic rings. The number of carbonyl (C=O) groups is 2. The highest BCUT2D eigenvalue weighted by molar-refractivity contribution is 6.20.